The van der Waals surface area contributed by atoms with Crippen LogP contribution in [0.4, 0.5) is 0 Å². The molecule has 0 saturated carbocycles. The van der Waals surface area contributed by atoms with Crippen molar-refractivity contribution in [1.82, 2.24) is 5.32 Å². The van der Waals surface area contributed by atoms with E-state index >= 15 is 0 Å². The number of amides is 1. The third-order valence-corrected chi connectivity index (χ3v) is 3.24. The third kappa shape index (κ3) is 4.06. The van der Waals surface area contributed by atoms with E-state index in [9.17, 15) is 4.79 Å². The third-order valence-electron chi connectivity index (χ3n) is 2.28. The van der Waals surface area contributed by atoms with Gasteiger partial charge < -0.3 is 5.32 Å². The Balaban J connectivity index is 2.55. The summed E-state index contributed by atoms with van der Waals surface area (Å²) in [5.74, 6) is 0.919. The van der Waals surface area contributed by atoms with Gasteiger partial charge in [0.05, 0.1) is 6.04 Å². The number of carbonyl (C=O) groups excluding carboxylic acids is 1. The number of hydrogen-bond acceptors (Lipinski definition) is 2. The normalized spacial score (nSPS) is 12.2. The van der Waals surface area contributed by atoms with E-state index in [4.69, 9.17) is 11.6 Å². The van der Waals surface area contributed by atoms with Gasteiger partial charge in [0, 0.05) is 17.2 Å². The van der Waals surface area contributed by atoms with Crippen molar-refractivity contribution in [2.75, 3.05) is 12.0 Å². The van der Waals surface area contributed by atoms with Gasteiger partial charge in [-0.15, -0.1) is 0 Å². The summed E-state index contributed by atoms with van der Waals surface area (Å²) in [6.45, 7) is 1.94. The molecule has 0 bridgehead atoms. The van der Waals surface area contributed by atoms with E-state index in [2.05, 4.69) is 5.32 Å². The zero-order valence-corrected chi connectivity index (χ0v) is 11.1. The van der Waals surface area contributed by atoms with Crippen molar-refractivity contribution in [2.24, 2.45) is 0 Å². The van der Waals surface area contributed by atoms with E-state index in [1.807, 2.05) is 37.4 Å². The lowest BCUT2D eigenvalue weighted by molar-refractivity contribution is -0.121. The minimum atomic E-state index is -0.0388. The molecular weight excluding hydrogens is 242 g/mol. The smallest absolute Gasteiger partial charge is 0.221 e. The van der Waals surface area contributed by atoms with Crippen molar-refractivity contribution >= 4 is 29.3 Å². The van der Waals surface area contributed by atoms with Gasteiger partial charge in [0.25, 0.3) is 0 Å². The molecule has 0 aliphatic heterocycles. The summed E-state index contributed by atoms with van der Waals surface area (Å²) < 4.78 is 0. The molecule has 0 radical (unpaired) electrons. The van der Waals surface area contributed by atoms with Crippen LogP contribution in [0, 0.1) is 0 Å². The monoisotopic (exact) mass is 257 g/mol. The molecule has 2 nitrogen and oxygen atoms in total. The number of benzene rings is 1. The Morgan fingerprint density at radius 3 is 2.81 bits per heavy atom. The van der Waals surface area contributed by atoms with Crippen LogP contribution in [-0.4, -0.2) is 17.9 Å². The van der Waals surface area contributed by atoms with Crippen molar-refractivity contribution in [2.45, 2.75) is 19.4 Å². The molecule has 1 N–H and O–H groups in total. The first-order chi connectivity index (χ1) is 7.65. The Hall–Kier alpha value is -0.670. The molecule has 0 aromatic heterocycles. The van der Waals surface area contributed by atoms with E-state index in [-0.39, 0.29) is 11.9 Å². The molecular formula is C12H16ClNOS. The lowest BCUT2D eigenvalue weighted by atomic mass is 10.1. The minimum Gasteiger partial charge on any atom is -0.350 e. The fourth-order valence-electron chi connectivity index (χ4n) is 1.41. The van der Waals surface area contributed by atoms with Crippen LogP contribution in [0.1, 0.15) is 24.9 Å². The number of rotatable bonds is 5. The zero-order valence-electron chi connectivity index (χ0n) is 9.50. The maximum Gasteiger partial charge on any atom is 0.221 e. The van der Waals surface area contributed by atoms with Gasteiger partial charge in [-0.25, -0.2) is 0 Å². The summed E-state index contributed by atoms with van der Waals surface area (Å²) in [4.78, 5) is 11.5. The quantitative estimate of drug-likeness (QED) is 0.877. The number of carbonyl (C=O) groups is 1. The van der Waals surface area contributed by atoms with E-state index in [0.29, 0.717) is 11.4 Å². The highest BCUT2D eigenvalue weighted by Crippen LogP contribution is 2.22. The zero-order chi connectivity index (χ0) is 12.0. The van der Waals surface area contributed by atoms with Crippen LogP contribution in [-0.2, 0) is 4.79 Å². The number of thioether (sulfide) groups is 1. The molecule has 0 saturated heterocycles. The van der Waals surface area contributed by atoms with Crippen LogP contribution < -0.4 is 5.32 Å². The van der Waals surface area contributed by atoms with Gasteiger partial charge in [-0.1, -0.05) is 29.8 Å². The Labute approximate surface area is 106 Å². The largest absolute Gasteiger partial charge is 0.350 e. The van der Waals surface area contributed by atoms with E-state index in [1.54, 1.807) is 11.8 Å². The summed E-state index contributed by atoms with van der Waals surface area (Å²) in [7, 11) is 0. The van der Waals surface area contributed by atoms with Crippen LogP contribution in [0.25, 0.3) is 0 Å². The highest BCUT2D eigenvalue weighted by atomic mass is 35.5. The number of nitrogens with one attached hydrogen (secondary N) is 1. The first-order valence-electron chi connectivity index (χ1n) is 5.18. The molecule has 0 aliphatic rings. The summed E-state index contributed by atoms with van der Waals surface area (Å²) in [5.41, 5.74) is 0.960. The predicted octanol–water partition coefficient (Wildman–Crippen LogP) is 3.27. The molecule has 0 aliphatic carbocycles. The Bertz CT molecular complexity index is 357. The van der Waals surface area contributed by atoms with Crippen molar-refractivity contribution in [3.8, 4) is 0 Å². The molecule has 0 spiro atoms. The minimum absolute atomic E-state index is 0.0388. The molecule has 1 aromatic carbocycles. The van der Waals surface area contributed by atoms with Crippen LogP contribution >= 0.6 is 23.4 Å². The Morgan fingerprint density at radius 2 is 2.19 bits per heavy atom. The van der Waals surface area contributed by atoms with E-state index < -0.39 is 0 Å². The fraction of sp³-hybridized carbons (Fsp3) is 0.417. The lowest BCUT2D eigenvalue weighted by Gasteiger charge is -2.15. The molecule has 1 atom stereocenters. The first-order valence-corrected chi connectivity index (χ1v) is 6.95. The number of halogens is 1. The lowest BCUT2D eigenvalue weighted by Crippen LogP contribution is -2.26. The van der Waals surface area contributed by atoms with Crippen molar-refractivity contribution in [3.63, 3.8) is 0 Å². The van der Waals surface area contributed by atoms with E-state index in [1.165, 1.54) is 0 Å². The average Bonchev–Trinajstić information content (AvgIpc) is 2.26. The molecule has 1 aromatic rings. The summed E-state index contributed by atoms with van der Waals surface area (Å²) in [6, 6.07) is 7.53. The van der Waals surface area contributed by atoms with Crippen LogP contribution in [0.5, 0.6) is 0 Å². The second-order valence-corrected chi connectivity index (χ2v) is 4.95. The van der Waals surface area contributed by atoms with Gasteiger partial charge in [0.1, 0.15) is 0 Å². The molecule has 1 unspecified atom stereocenters. The molecule has 1 amide bonds. The maximum absolute atomic E-state index is 11.5. The Kier molecular flexibility index (Phi) is 5.71. The van der Waals surface area contributed by atoms with Gasteiger partial charge in [-0.2, -0.15) is 11.8 Å². The van der Waals surface area contributed by atoms with Crippen LogP contribution in [0.2, 0.25) is 5.02 Å². The fourth-order valence-corrected chi connectivity index (χ4v) is 2.10. The highest BCUT2D eigenvalue weighted by Gasteiger charge is 2.11. The molecule has 0 heterocycles. The SMILES string of the molecule is CSCCC(=O)NC(C)c1ccccc1Cl. The summed E-state index contributed by atoms with van der Waals surface area (Å²) in [6.07, 6.45) is 2.54. The van der Waals surface area contributed by atoms with Crippen molar-refractivity contribution < 1.29 is 4.79 Å². The molecule has 1 rings (SSSR count). The molecule has 88 valence electrons. The molecule has 0 fully saturated rings. The van der Waals surface area contributed by atoms with Crippen molar-refractivity contribution in [1.29, 1.82) is 0 Å². The standard InChI is InChI=1S/C12H16ClNOS/c1-9(14-12(15)7-8-16-2)10-5-3-4-6-11(10)13/h3-6,9H,7-8H2,1-2H3,(H,14,15). The second-order valence-electron chi connectivity index (χ2n) is 3.55. The number of hydrogen-bond donors (Lipinski definition) is 1. The molecule has 4 heteroatoms. The first kappa shape index (κ1) is 13.4. The van der Waals surface area contributed by atoms with Crippen LogP contribution in [0.15, 0.2) is 24.3 Å². The predicted molar refractivity (Wildman–Crippen MR) is 71.0 cm³/mol. The van der Waals surface area contributed by atoms with Gasteiger partial charge in [0.15, 0.2) is 0 Å². The summed E-state index contributed by atoms with van der Waals surface area (Å²) in [5, 5.41) is 3.63. The van der Waals surface area contributed by atoms with Gasteiger partial charge >= 0.3 is 0 Å². The molecule has 16 heavy (non-hydrogen) atoms. The average molecular weight is 258 g/mol. The van der Waals surface area contributed by atoms with Crippen LogP contribution in [0.3, 0.4) is 0 Å². The topological polar surface area (TPSA) is 29.1 Å². The summed E-state index contributed by atoms with van der Waals surface area (Å²) >= 11 is 7.72. The van der Waals surface area contributed by atoms with Gasteiger partial charge in [0.2, 0.25) is 5.91 Å². The van der Waals surface area contributed by atoms with Crippen molar-refractivity contribution in [3.05, 3.63) is 34.9 Å². The highest BCUT2D eigenvalue weighted by molar-refractivity contribution is 7.98. The Morgan fingerprint density at radius 1 is 1.50 bits per heavy atom. The maximum atomic E-state index is 11.5. The van der Waals surface area contributed by atoms with E-state index in [0.717, 1.165) is 11.3 Å². The van der Waals surface area contributed by atoms with Gasteiger partial charge in [-0.05, 0) is 24.8 Å². The second kappa shape index (κ2) is 6.81. The van der Waals surface area contributed by atoms with Gasteiger partial charge in [-0.3, -0.25) is 4.79 Å².